The van der Waals surface area contributed by atoms with E-state index in [2.05, 4.69) is 59.6 Å². The molecule has 0 bridgehead atoms. The van der Waals surface area contributed by atoms with Crippen molar-refractivity contribution in [1.82, 2.24) is 10.2 Å². The number of nitrogens with one attached hydrogen (secondary N) is 1. The molecule has 3 rings (SSSR count). The van der Waals surface area contributed by atoms with Gasteiger partial charge in [0, 0.05) is 37.7 Å². The standard InChI is InChI=1S/C19H23ClN2/c1-15-9-17(7-8-19(15)20)10-21-11-18-13-22(14-18)12-16-5-3-2-4-6-16/h2-9,18,21H,10-14H2,1H3. The Morgan fingerprint density at radius 2 is 1.86 bits per heavy atom. The molecule has 2 nitrogen and oxygen atoms in total. The summed E-state index contributed by atoms with van der Waals surface area (Å²) in [7, 11) is 0. The van der Waals surface area contributed by atoms with E-state index >= 15 is 0 Å². The largest absolute Gasteiger partial charge is 0.312 e. The van der Waals surface area contributed by atoms with Crippen LogP contribution >= 0.6 is 11.6 Å². The van der Waals surface area contributed by atoms with Gasteiger partial charge in [0.05, 0.1) is 0 Å². The molecule has 1 saturated heterocycles. The molecule has 1 fully saturated rings. The zero-order valence-electron chi connectivity index (χ0n) is 13.1. The van der Waals surface area contributed by atoms with Crippen LogP contribution in [-0.4, -0.2) is 24.5 Å². The number of halogens is 1. The Morgan fingerprint density at radius 1 is 1.09 bits per heavy atom. The van der Waals surface area contributed by atoms with E-state index in [1.54, 1.807) is 0 Å². The molecule has 22 heavy (non-hydrogen) atoms. The van der Waals surface area contributed by atoms with Crippen molar-refractivity contribution >= 4 is 11.6 Å². The zero-order chi connectivity index (χ0) is 15.4. The first-order chi connectivity index (χ1) is 10.7. The lowest BCUT2D eigenvalue weighted by Crippen LogP contribution is -2.49. The predicted octanol–water partition coefficient (Wildman–Crippen LogP) is 3.87. The fourth-order valence-corrected chi connectivity index (χ4v) is 3.13. The molecule has 0 aromatic heterocycles. The molecule has 0 amide bonds. The normalized spacial score (nSPS) is 15.7. The lowest BCUT2D eigenvalue weighted by Gasteiger charge is -2.39. The highest BCUT2D eigenvalue weighted by Crippen LogP contribution is 2.19. The van der Waals surface area contributed by atoms with E-state index in [9.17, 15) is 0 Å². The minimum atomic E-state index is 0.775. The minimum absolute atomic E-state index is 0.775. The van der Waals surface area contributed by atoms with Crippen LogP contribution in [0.4, 0.5) is 0 Å². The highest BCUT2D eigenvalue weighted by molar-refractivity contribution is 6.31. The van der Waals surface area contributed by atoms with Gasteiger partial charge in [0.1, 0.15) is 0 Å². The van der Waals surface area contributed by atoms with Gasteiger partial charge in [-0.25, -0.2) is 0 Å². The van der Waals surface area contributed by atoms with Crippen molar-refractivity contribution in [1.29, 1.82) is 0 Å². The van der Waals surface area contributed by atoms with Gasteiger partial charge in [-0.2, -0.15) is 0 Å². The van der Waals surface area contributed by atoms with Crippen LogP contribution in [-0.2, 0) is 13.1 Å². The van der Waals surface area contributed by atoms with Crippen LogP contribution < -0.4 is 5.32 Å². The van der Waals surface area contributed by atoms with Gasteiger partial charge in [-0.05, 0) is 35.6 Å². The van der Waals surface area contributed by atoms with E-state index in [4.69, 9.17) is 11.6 Å². The molecule has 2 aromatic rings. The van der Waals surface area contributed by atoms with Crippen molar-refractivity contribution in [3.63, 3.8) is 0 Å². The molecule has 1 aliphatic rings. The molecule has 0 unspecified atom stereocenters. The Labute approximate surface area is 138 Å². The second-order valence-corrected chi connectivity index (χ2v) is 6.67. The summed E-state index contributed by atoms with van der Waals surface area (Å²) in [6, 6.07) is 17.0. The summed E-state index contributed by atoms with van der Waals surface area (Å²) in [5, 5.41) is 4.41. The quantitative estimate of drug-likeness (QED) is 0.870. The van der Waals surface area contributed by atoms with Crippen molar-refractivity contribution < 1.29 is 0 Å². The van der Waals surface area contributed by atoms with Gasteiger partial charge in [0.15, 0.2) is 0 Å². The molecule has 0 saturated carbocycles. The summed E-state index contributed by atoms with van der Waals surface area (Å²) in [6.45, 7) is 7.54. The van der Waals surface area contributed by atoms with E-state index < -0.39 is 0 Å². The number of aryl methyl sites for hydroxylation is 1. The second-order valence-electron chi connectivity index (χ2n) is 6.26. The van der Waals surface area contributed by atoms with E-state index in [0.717, 1.165) is 36.1 Å². The van der Waals surface area contributed by atoms with Crippen LogP contribution in [0.25, 0.3) is 0 Å². The Morgan fingerprint density at radius 3 is 2.59 bits per heavy atom. The van der Waals surface area contributed by atoms with Gasteiger partial charge in [0.2, 0.25) is 0 Å². The van der Waals surface area contributed by atoms with Crippen LogP contribution in [0.2, 0.25) is 5.02 Å². The summed E-state index contributed by atoms with van der Waals surface area (Å²) in [6.07, 6.45) is 0. The Hall–Kier alpha value is -1.35. The van der Waals surface area contributed by atoms with Gasteiger partial charge in [0.25, 0.3) is 0 Å². The molecule has 0 atom stereocenters. The summed E-state index contributed by atoms with van der Waals surface area (Å²) >= 11 is 6.05. The third kappa shape index (κ3) is 4.10. The summed E-state index contributed by atoms with van der Waals surface area (Å²) < 4.78 is 0. The molecule has 2 aromatic carbocycles. The van der Waals surface area contributed by atoms with Crippen LogP contribution in [0.15, 0.2) is 48.5 Å². The van der Waals surface area contributed by atoms with Gasteiger partial charge < -0.3 is 5.32 Å². The average Bonchev–Trinajstić information content (AvgIpc) is 2.49. The third-order valence-electron chi connectivity index (χ3n) is 4.27. The van der Waals surface area contributed by atoms with E-state index in [0.29, 0.717) is 0 Å². The first-order valence-corrected chi connectivity index (χ1v) is 8.30. The van der Waals surface area contributed by atoms with E-state index in [1.807, 2.05) is 6.07 Å². The Bertz CT molecular complexity index is 606. The first kappa shape index (κ1) is 15.5. The number of hydrogen-bond donors (Lipinski definition) is 1. The van der Waals surface area contributed by atoms with Crippen LogP contribution in [0.3, 0.4) is 0 Å². The summed E-state index contributed by atoms with van der Waals surface area (Å²) in [4.78, 5) is 2.51. The van der Waals surface area contributed by atoms with Crippen LogP contribution in [0.1, 0.15) is 16.7 Å². The summed E-state index contributed by atoms with van der Waals surface area (Å²) in [5.41, 5.74) is 3.87. The average molecular weight is 315 g/mol. The maximum absolute atomic E-state index is 6.05. The minimum Gasteiger partial charge on any atom is -0.312 e. The molecular weight excluding hydrogens is 292 g/mol. The molecular formula is C19H23ClN2. The fourth-order valence-electron chi connectivity index (χ4n) is 3.01. The highest BCUT2D eigenvalue weighted by Gasteiger charge is 2.25. The summed E-state index contributed by atoms with van der Waals surface area (Å²) in [5.74, 6) is 0.775. The number of benzene rings is 2. The number of likely N-dealkylation sites (tertiary alicyclic amines) is 1. The van der Waals surface area contributed by atoms with Crippen molar-refractivity contribution in [2.24, 2.45) is 5.92 Å². The molecule has 0 radical (unpaired) electrons. The Kier molecular flexibility index (Phi) is 5.14. The third-order valence-corrected chi connectivity index (χ3v) is 4.69. The molecule has 1 heterocycles. The monoisotopic (exact) mass is 314 g/mol. The van der Waals surface area contributed by atoms with Gasteiger partial charge in [-0.15, -0.1) is 0 Å². The van der Waals surface area contributed by atoms with Crippen molar-refractivity contribution in [3.05, 3.63) is 70.2 Å². The van der Waals surface area contributed by atoms with Gasteiger partial charge >= 0.3 is 0 Å². The van der Waals surface area contributed by atoms with Gasteiger partial charge in [-0.1, -0.05) is 54.1 Å². The van der Waals surface area contributed by atoms with Crippen molar-refractivity contribution in [3.8, 4) is 0 Å². The highest BCUT2D eigenvalue weighted by atomic mass is 35.5. The van der Waals surface area contributed by atoms with E-state index in [1.165, 1.54) is 24.2 Å². The topological polar surface area (TPSA) is 15.3 Å². The number of nitrogens with zero attached hydrogens (tertiary/aromatic N) is 1. The van der Waals surface area contributed by atoms with Crippen molar-refractivity contribution in [2.45, 2.75) is 20.0 Å². The van der Waals surface area contributed by atoms with E-state index in [-0.39, 0.29) is 0 Å². The SMILES string of the molecule is Cc1cc(CNCC2CN(Cc3ccccc3)C2)ccc1Cl. The number of rotatable bonds is 6. The van der Waals surface area contributed by atoms with Crippen LogP contribution in [0.5, 0.6) is 0 Å². The van der Waals surface area contributed by atoms with Gasteiger partial charge in [-0.3, -0.25) is 4.90 Å². The van der Waals surface area contributed by atoms with Crippen molar-refractivity contribution in [2.75, 3.05) is 19.6 Å². The smallest absolute Gasteiger partial charge is 0.0435 e. The molecule has 1 aliphatic heterocycles. The number of hydrogen-bond acceptors (Lipinski definition) is 2. The second kappa shape index (κ2) is 7.28. The molecule has 0 spiro atoms. The molecule has 116 valence electrons. The molecule has 0 aliphatic carbocycles. The molecule has 1 N–H and O–H groups in total. The molecule has 3 heteroatoms. The first-order valence-electron chi connectivity index (χ1n) is 7.93. The fraction of sp³-hybridized carbons (Fsp3) is 0.368. The Balaban J connectivity index is 1.35. The lowest BCUT2D eigenvalue weighted by molar-refractivity contribution is 0.0916. The maximum atomic E-state index is 6.05. The lowest BCUT2D eigenvalue weighted by atomic mass is 9.99. The van der Waals surface area contributed by atoms with Crippen LogP contribution in [0, 0.1) is 12.8 Å². The maximum Gasteiger partial charge on any atom is 0.0435 e. The zero-order valence-corrected chi connectivity index (χ0v) is 13.8. The predicted molar refractivity (Wildman–Crippen MR) is 93.1 cm³/mol.